The molecular weight excluding hydrogens is 345 g/mol. The van der Waals surface area contributed by atoms with Crippen molar-refractivity contribution in [3.63, 3.8) is 0 Å². The van der Waals surface area contributed by atoms with Gasteiger partial charge < -0.3 is 9.64 Å². The van der Waals surface area contributed by atoms with Crippen LogP contribution in [0.15, 0.2) is 24.3 Å². The second-order valence-electron chi connectivity index (χ2n) is 8.18. The van der Waals surface area contributed by atoms with Crippen molar-refractivity contribution in [2.45, 2.75) is 44.1 Å². The van der Waals surface area contributed by atoms with Crippen LogP contribution in [0.2, 0.25) is 0 Å². The van der Waals surface area contributed by atoms with Crippen molar-refractivity contribution in [3.8, 4) is 0 Å². The number of piperidine rings is 1. The molecule has 0 N–H and O–H groups in total. The Balaban J connectivity index is 1.31. The molecule has 1 aromatic heterocycles. The molecule has 2 fully saturated rings. The van der Waals surface area contributed by atoms with E-state index in [2.05, 4.69) is 31.8 Å². The average molecular weight is 371 g/mol. The van der Waals surface area contributed by atoms with E-state index in [4.69, 9.17) is 4.74 Å². The maximum atomic E-state index is 13.1. The summed E-state index contributed by atoms with van der Waals surface area (Å²) < 4.78 is 21.5. The third kappa shape index (κ3) is 3.28. The monoisotopic (exact) mass is 371 g/mol. The number of halogens is 1. The molecule has 2 atom stereocenters. The van der Waals surface area contributed by atoms with Crippen molar-refractivity contribution in [2.24, 2.45) is 0 Å². The van der Waals surface area contributed by atoms with Gasteiger partial charge in [0.1, 0.15) is 5.82 Å². The van der Waals surface area contributed by atoms with Gasteiger partial charge in [-0.05, 0) is 50.7 Å². The summed E-state index contributed by atoms with van der Waals surface area (Å²) in [5.74, 6) is 0.313. The van der Waals surface area contributed by atoms with Crippen LogP contribution in [0.1, 0.15) is 41.8 Å². The summed E-state index contributed by atoms with van der Waals surface area (Å²) in [5.41, 5.74) is 3.45. The first-order valence-corrected chi connectivity index (χ1v) is 9.88. The Morgan fingerprint density at radius 2 is 1.93 bits per heavy atom. The first kappa shape index (κ1) is 17.3. The summed E-state index contributed by atoms with van der Waals surface area (Å²) >= 11 is 0. The van der Waals surface area contributed by atoms with Crippen molar-refractivity contribution >= 4 is 0 Å². The van der Waals surface area contributed by atoms with Crippen molar-refractivity contribution in [2.75, 3.05) is 33.2 Å². The summed E-state index contributed by atoms with van der Waals surface area (Å²) in [5, 5.41) is 9.12. The molecule has 144 valence electrons. The van der Waals surface area contributed by atoms with Crippen molar-refractivity contribution in [1.82, 2.24) is 24.8 Å². The molecule has 0 radical (unpaired) electrons. The summed E-state index contributed by atoms with van der Waals surface area (Å²) in [7, 11) is 2.18. The second-order valence-corrected chi connectivity index (χ2v) is 8.18. The summed E-state index contributed by atoms with van der Waals surface area (Å²) in [6.07, 6.45) is 2.45. The van der Waals surface area contributed by atoms with Gasteiger partial charge in [0, 0.05) is 25.6 Å². The molecule has 0 aliphatic carbocycles. The largest absolute Gasteiger partial charge is 0.368 e. The fraction of sp³-hybridized carbons (Fsp3) is 0.600. The molecule has 2 aromatic rings. The van der Waals surface area contributed by atoms with Gasteiger partial charge in [-0.15, -0.1) is 5.10 Å². The molecular formula is C20H26FN5O. The first-order valence-electron chi connectivity index (χ1n) is 9.88. The Kier molecular flexibility index (Phi) is 4.46. The molecule has 5 rings (SSSR count). The van der Waals surface area contributed by atoms with Crippen molar-refractivity contribution in [3.05, 3.63) is 47.0 Å². The molecule has 27 heavy (non-hydrogen) atoms. The van der Waals surface area contributed by atoms with Crippen LogP contribution in [0.5, 0.6) is 0 Å². The van der Waals surface area contributed by atoms with E-state index in [1.165, 1.54) is 17.8 Å². The first-order chi connectivity index (χ1) is 13.2. The molecule has 0 bridgehead atoms. The second kappa shape index (κ2) is 6.96. The van der Waals surface area contributed by atoms with E-state index >= 15 is 0 Å². The number of hydrogen-bond acceptors (Lipinski definition) is 5. The van der Waals surface area contributed by atoms with Gasteiger partial charge >= 0.3 is 0 Å². The van der Waals surface area contributed by atoms with Gasteiger partial charge in [-0.2, -0.15) is 0 Å². The van der Waals surface area contributed by atoms with Crippen LogP contribution >= 0.6 is 0 Å². The van der Waals surface area contributed by atoms with Gasteiger partial charge in [0.15, 0.2) is 0 Å². The van der Waals surface area contributed by atoms with E-state index < -0.39 is 0 Å². The number of benzene rings is 1. The molecule has 3 aliphatic heterocycles. The van der Waals surface area contributed by atoms with Crippen LogP contribution in [0, 0.1) is 5.82 Å². The van der Waals surface area contributed by atoms with Crippen LogP contribution in [0.25, 0.3) is 0 Å². The highest BCUT2D eigenvalue weighted by molar-refractivity contribution is 5.20. The van der Waals surface area contributed by atoms with Crippen LogP contribution in [-0.4, -0.2) is 64.1 Å². The zero-order valence-electron chi connectivity index (χ0n) is 15.7. The number of aromatic nitrogens is 3. The van der Waals surface area contributed by atoms with E-state index in [1.807, 2.05) is 12.1 Å². The Labute approximate surface area is 158 Å². The zero-order chi connectivity index (χ0) is 18.4. The Bertz CT molecular complexity index is 799. The molecule has 3 aliphatic rings. The number of likely N-dealkylation sites (tertiary alicyclic amines) is 2. The lowest BCUT2D eigenvalue weighted by molar-refractivity contribution is -0.00589. The number of rotatable bonds is 3. The highest BCUT2D eigenvalue weighted by atomic mass is 19.1. The number of hydrogen-bond donors (Lipinski definition) is 0. The van der Waals surface area contributed by atoms with Gasteiger partial charge in [0.25, 0.3) is 0 Å². The normalized spacial score (nSPS) is 26.9. The van der Waals surface area contributed by atoms with Gasteiger partial charge in [0.05, 0.1) is 30.1 Å². The molecule has 2 saturated heterocycles. The summed E-state index contributed by atoms with van der Waals surface area (Å²) in [6, 6.07) is 6.99. The Morgan fingerprint density at radius 1 is 1.15 bits per heavy atom. The minimum absolute atomic E-state index is 0.157. The van der Waals surface area contributed by atoms with Gasteiger partial charge in [-0.3, -0.25) is 4.90 Å². The molecule has 7 heteroatoms. The van der Waals surface area contributed by atoms with Crippen LogP contribution in [-0.2, 0) is 17.9 Å². The molecule has 6 nitrogen and oxygen atoms in total. The fourth-order valence-corrected chi connectivity index (χ4v) is 4.73. The number of fused-ring (bicyclic) bond motifs is 3. The smallest absolute Gasteiger partial charge is 0.123 e. The van der Waals surface area contributed by atoms with Crippen LogP contribution < -0.4 is 0 Å². The third-order valence-electron chi connectivity index (χ3n) is 6.31. The highest BCUT2D eigenvalue weighted by Crippen LogP contribution is 2.36. The summed E-state index contributed by atoms with van der Waals surface area (Å²) in [4.78, 5) is 4.75. The van der Waals surface area contributed by atoms with Crippen LogP contribution in [0.4, 0.5) is 4.39 Å². The maximum absolute atomic E-state index is 13.1. The van der Waals surface area contributed by atoms with Crippen molar-refractivity contribution in [1.29, 1.82) is 0 Å². The molecule has 0 amide bonds. The highest BCUT2D eigenvalue weighted by Gasteiger charge is 2.41. The fourth-order valence-electron chi connectivity index (χ4n) is 4.73. The predicted octanol–water partition coefficient (Wildman–Crippen LogP) is 2.18. The van der Waals surface area contributed by atoms with E-state index in [9.17, 15) is 4.39 Å². The molecule has 0 unspecified atom stereocenters. The van der Waals surface area contributed by atoms with E-state index in [-0.39, 0.29) is 18.0 Å². The Morgan fingerprint density at radius 3 is 2.70 bits per heavy atom. The maximum Gasteiger partial charge on any atom is 0.123 e. The van der Waals surface area contributed by atoms with Crippen LogP contribution in [0.3, 0.4) is 0 Å². The molecule has 0 spiro atoms. The van der Waals surface area contributed by atoms with E-state index in [0.717, 1.165) is 56.8 Å². The minimum Gasteiger partial charge on any atom is -0.368 e. The molecule has 4 heterocycles. The third-order valence-corrected chi connectivity index (χ3v) is 6.31. The predicted molar refractivity (Wildman–Crippen MR) is 98.8 cm³/mol. The minimum atomic E-state index is -0.189. The lowest BCUT2D eigenvalue weighted by Gasteiger charge is -2.30. The molecule has 1 aromatic carbocycles. The average Bonchev–Trinajstić information content (AvgIpc) is 3.27. The van der Waals surface area contributed by atoms with E-state index in [0.29, 0.717) is 12.5 Å². The Hall–Kier alpha value is -1.83. The van der Waals surface area contributed by atoms with Crippen molar-refractivity contribution < 1.29 is 9.13 Å². The quantitative estimate of drug-likeness (QED) is 0.828. The lowest BCUT2D eigenvalue weighted by atomic mass is 9.92. The standard InChI is InChI=1S/C20H26FN5O/c1-24-8-6-15(7-9-24)20-18-13-27-19-12-25(11-17(19)26(18)23-22-20)10-14-2-4-16(21)5-3-14/h2-5,15,17,19H,6-13H2,1H3/t17-,19-/m1/s1. The van der Waals surface area contributed by atoms with Gasteiger partial charge in [-0.25, -0.2) is 9.07 Å². The van der Waals surface area contributed by atoms with E-state index in [1.54, 1.807) is 0 Å². The topological polar surface area (TPSA) is 46.4 Å². The number of ether oxygens (including phenoxy) is 1. The van der Waals surface area contributed by atoms with Gasteiger partial charge in [0.2, 0.25) is 0 Å². The zero-order valence-corrected chi connectivity index (χ0v) is 15.7. The number of nitrogens with zero attached hydrogens (tertiary/aromatic N) is 5. The lowest BCUT2D eigenvalue weighted by Crippen LogP contribution is -2.33. The SMILES string of the molecule is CN1CCC(c2nnn3c2CO[C@@H]2CN(Cc4ccc(F)cc4)C[C@H]23)CC1. The van der Waals surface area contributed by atoms with Gasteiger partial charge in [-0.1, -0.05) is 17.3 Å². The molecule has 0 saturated carbocycles. The summed E-state index contributed by atoms with van der Waals surface area (Å²) in [6.45, 7) is 5.43.